The molecular formula is C22H22O8. The first-order valence-electron chi connectivity index (χ1n) is 9.01. The third-order valence-electron chi connectivity index (χ3n) is 4.55. The Morgan fingerprint density at radius 2 is 1.77 bits per heavy atom. The minimum absolute atomic E-state index is 0.128. The van der Waals surface area contributed by atoms with Gasteiger partial charge in [0, 0.05) is 11.6 Å². The highest BCUT2D eigenvalue weighted by atomic mass is 16.6. The molecule has 0 fully saturated rings. The van der Waals surface area contributed by atoms with Crippen LogP contribution in [0.1, 0.15) is 21.5 Å². The molecular weight excluding hydrogens is 392 g/mol. The molecule has 1 aliphatic rings. The summed E-state index contributed by atoms with van der Waals surface area (Å²) in [6.45, 7) is 1.53. The molecule has 0 bridgehead atoms. The lowest BCUT2D eigenvalue weighted by Crippen LogP contribution is -2.12. The standard InChI is InChI=1S/C22H22O8/c1-12-8-14(29-11-18(23)26-3)10-16-19(12)20(24)17(30-16)9-13-6-7-15(25-2)22(28-5)21(13)27-4/h6-10H,11H2,1-5H3/b17-9-. The highest BCUT2D eigenvalue weighted by molar-refractivity contribution is 6.15. The van der Waals surface area contributed by atoms with E-state index < -0.39 is 5.97 Å². The van der Waals surface area contributed by atoms with Crippen molar-refractivity contribution in [3.63, 3.8) is 0 Å². The SMILES string of the molecule is COC(=O)COc1cc(C)c2c(c1)O/C(=C\c1ccc(OC)c(OC)c1OC)C2=O. The summed E-state index contributed by atoms with van der Waals surface area (Å²) >= 11 is 0. The van der Waals surface area contributed by atoms with Gasteiger partial charge in [0.05, 0.1) is 34.0 Å². The molecule has 30 heavy (non-hydrogen) atoms. The van der Waals surface area contributed by atoms with Gasteiger partial charge in [-0.05, 0) is 36.8 Å². The van der Waals surface area contributed by atoms with E-state index >= 15 is 0 Å². The second-order valence-corrected chi connectivity index (χ2v) is 6.34. The Labute approximate surface area is 173 Å². The van der Waals surface area contributed by atoms with Gasteiger partial charge in [-0.15, -0.1) is 0 Å². The number of Topliss-reactive ketones (excluding diaryl/α,β-unsaturated/α-hetero) is 1. The Balaban J connectivity index is 1.95. The molecule has 2 aromatic carbocycles. The summed E-state index contributed by atoms with van der Waals surface area (Å²) in [5, 5.41) is 0. The molecule has 0 saturated heterocycles. The van der Waals surface area contributed by atoms with Crippen molar-refractivity contribution in [1.29, 1.82) is 0 Å². The number of allylic oxidation sites excluding steroid dienone is 1. The van der Waals surface area contributed by atoms with Gasteiger partial charge < -0.3 is 28.4 Å². The number of carbonyl (C=O) groups excluding carboxylic acids is 2. The van der Waals surface area contributed by atoms with Crippen molar-refractivity contribution in [2.45, 2.75) is 6.92 Å². The number of rotatable bonds is 7. The topological polar surface area (TPSA) is 89.5 Å². The minimum Gasteiger partial charge on any atom is -0.493 e. The van der Waals surface area contributed by atoms with Crippen molar-refractivity contribution < 1.29 is 38.0 Å². The number of esters is 1. The average molecular weight is 414 g/mol. The fraction of sp³-hybridized carbons (Fsp3) is 0.273. The molecule has 1 aliphatic heterocycles. The Hall–Kier alpha value is -3.68. The lowest BCUT2D eigenvalue weighted by Gasteiger charge is -2.14. The second-order valence-electron chi connectivity index (χ2n) is 6.34. The number of ketones is 1. The summed E-state index contributed by atoms with van der Waals surface area (Å²) in [6, 6.07) is 6.69. The number of benzene rings is 2. The van der Waals surface area contributed by atoms with Crippen LogP contribution >= 0.6 is 0 Å². The Kier molecular flexibility index (Phi) is 6.15. The Morgan fingerprint density at radius 3 is 2.40 bits per heavy atom. The predicted octanol–water partition coefficient (Wildman–Crippen LogP) is 3.19. The van der Waals surface area contributed by atoms with Gasteiger partial charge in [0.2, 0.25) is 11.5 Å². The summed E-state index contributed by atoms with van der Waals surface area (Å²) in [5.74, 6) is 1.43. The van der Waals surface area contributed by atoms with Gasteiger partial charge in [0.1, 0.15) is 11.5 Å². The number of fused-ring (bicyclic) bond motifs is 1. The average Bonchev–Trinajstić information content (AvgIpc) is 3.06. The second kappa shape index (κ2) is 8.77. The molecule has 2 aromatic rings. The van der Waals surface area contributed by atoms with Crippen molar-refractivity contribution in [2.24, 2.45) is 0 Å². The van der Waals surface area contributed by atoms with E-state index in [-0.39, 0.29) is 18.1 Å². The summed E-state index contributed by atoms with van der Waals surface area (Å²) in [7, 11) is 5.81. The van der Waals surface area contributed by atoms with Crippen molar-refractivity contribution in [1.82, 2.24) is 0 Å². The Bertz CT molecular complexity index is 1020. The van der Waals surface area contributed by atoms with Crippen LogP contribution in [-0.2, 0) is 9.53 Å². The van der Waals surface area contributed by atoms with E-state index in [2.05, 4.69) is 4.74 Å². The van der Waals surface area contributed by atoms with Gasteiger partial charge in [-0.1, -0.05) is 0 Å². The zero-order valence-electron chi connectivity index (χ0n) is 17.4. The van der Waals surface area contributed by atoms with Gasteiger partial charge in [0.15, 0.2) is 23.9 Å². The van der Waals surface area contributed by atoms with E-state index in [9.17, 15) is 9.59 Å². The lowest BCUT2D eigenvalue weighted by molar-refractivity contribution is -0.142. The van der Waals surface area contributed by atoms with Crippen molar-refractivity contribution in [3.8, 4) is 28.7 Å². The van der Waals surface area contributed by atoms with Crippen molar-refractivity contribution in [3.05, 3.63) is 46.7 Å². The molecule has 0 radical (unpaired) electrons. The quantitative estimate of drug-likeness (QED) is 0.504. The molecule has 0 aliphatic carbocycles. The van der Waals surface area contributed by atoms with E-state index in [1.54, 1.807) is 37.3 Å². The summed E-state index contributed by atoms with van der Waals surface area (Å²) in [4.78, 5) is 24.2. The van der Waals surface area contributed by atoms with Crippen molar-refractivity contribution >= 4 is 17.8 Å². The maximum atomic E-state index is 12.9. The molecule has 3 rings (SSSR count). The zero-order valence-corrected chi connectivity index (χ0v) is 17.4. The normalized spacial score (nSPS) is 13.5. The van der Waals surface area contributed by atoms with Crippen molar-refractivity contribution in [2.75, 3.05) is 35.0 Å². The molecule has 0 N–H and O–H groups in total. The van der Waals surface area contributed by atoms with Gasteiger partial charge in [-0.3, -0.25) is 4.79 Å². The first kappa shape index (κ1) is 21.0. The number of hydrogen-bond donors (Lipinski definition) is 0. The number of ether oxygens (including phenoxy) is 6. The van der Waals surface area contributed by atoms with Crippen LogP contribution in [0.3, 0.4) is 0 Å². The summed E-state index contributed by atoms with van der Waals surface area (Å²) < 4.78 is 31.9. The third-order valence-corrected chi connectivity index (χ3v) is 4.55. The number of methoxy groups -OCH3 is 4. The highest BCUT2D eigenvalue weighted by Gasteiger charge is 2.30. The van der Waals surface area contributed by atoms with Gasteiger partial charge >= 0.3 is 5.97 Å². The van der Waals surface area contributed by atoms with E-state index in [0.717, 1.165) is 0 Å². The first-order valence-corrected chi connectivity index (χ1v) is 9.01. The fourth-order valence-electron chi connectivity index (χ4n) is 3.14. The molecule has 158 valence electrons. The van der Waals surface area contributed by atoms with Gasteiger partial charge in [0.25, 0.3) is 0 Å². The lowest BCUT2D eigenvalue weighted by atomic mass is 10.0. The molecule has 0 aromatic heterocycles. The van der Waals surface area contributed by atoms with Crippen LogP contribution in [0.15, 0.2) is 30.0 Å². The summed E-state index contributed by atoms with van der Waals surface area (Å²) in [6.07, 6.45) is 1.58. The van der Waals surface area contributed by atoms with E-state index in [0.29, 0.717) is 45.4 Å². The van der Waals surface area contributed by atoms with Crippen LogP contribution in [-0.4, -0.2) is 46.8 Å². The van der Waals surface area contributed by atoms with Crippen LogP contribution in [0.5, 0.6) is 28.7 Å². The van der Waals surface area contributed by atoms with E-state index in [1.165, 1.54) is 28.4 Å². The van der Waals surface area contributed by atoms with Crippen LogP contribution < -0.4 is 23.7 Å². The van der Waals surface area contributed by atoms with Crippen LogP contribution in [0, 0.1) is 6.92 Å². The smallest absolute Gasteiger partial charge is 0.343 e. The highest BCUT2D eigenvalue weighted by Crippen LogP contribution is 2.42. The molecule has 0 atom stereocenters. The van der Waals surface area contributed by atoms with Crippen LogP contribution in [0.25, 0.3) is 6.08 Å². The number of aryl methyl sites for hydroxylation is 1. The molecule has 1 heterocycles. The fourth-order valence-corrected chi connectivity index (χ4v) is 3.14. The molecule has 0 unspecified atom stereocenters. The monoisotopic (exact) mass is 414 g/mol. The molecule has 0 amide bonds. The third kappa shape index (κ3) is 3.89. The molecule has 8 nitrogen and oxygen atoms in total. The van der Waals surface area contributed by atoms with Crippen LogP contribution in [0.2, 0.25) is 0 Å². The maximum Gasteiger partial charge on any atom is 0.343 e. The zero-order chi connectivity index (χ0) is 21.8. The minimum atomic E-state index is -0.508. The van der Waals surface area contributed by atoms with Gasteiger partial charge in [-0.25, -0.2) is 4.79 Å². The molecule has 0 spiro atoms. The largest absolute Gasteiger partial charge is 0.493 e. The van der Waals surface area contributed by atoms with Gasteiger partial charge in [-0.2, -0.15) is 0 Å². The first-order chi connectivity index (χ1) is 14.4. The number of hydrogen-bond acceptors (Lipinski definition) is 8. The molecule has 0 saturated carbocycles. The van der Waals surface area contributed by atoms with E-state index in [1.807, 2.05) is 0 Å². The summed E-state index contributed by atoms with van der Waals surface area (Å²) in [5.41, 5.74) is 1.69. The van der Waals surface area contributed by atoms with Crippen LogP contribution in [0.4, 0.5) is 0 Å². The Morgan fingerprint density at radius 1 is 1.03 bits per heavy atom. The van der Waals surface area contributed by atoms with E-state index in [4.69, 9.17) is 23.7 Å². The predicted molar refractivity (Wildman–Crippen MR) is 108 cm³/mol. The maximum absolute atomic E-state index is 12.9. The number of carbonyl (C=O) groups is 2. The molecule has 8 heteroatoms.